The first-order valence-corrected chi connectivity index (χ1v) is 6.89. The van der Waals surface area contributed by atoms with Crippen LogP contribution in [0.3, 0.4) is 0 Å². The molecule has 106 valence electrons. The van der Waals surface area contributed by atoms with Crippen LogP contribution < -0.4 is 5.73 Å². The van der Waals surface area contributed by atoms with Crippen LogP contribution in [0.25, 0.3) is 0 Å². The maximum absolute atomic E-state index is 11.9. The SMILES string of the molecule is C=CCN1CCc2c(sc(N)c2C(=O)OCC)C1.Cl. The number of anilines is 1. The Morgan fingerprint density at radius 2 is 2.37 bits per heavy atom. The summed E-state index contributed by atoms with van der Waals surface area (Å²) >= 11 is 1.50. The van der Waals surface area contributed by atoms with Crippen molar-refractivity contribution in [3.8, 4) is 0 Å². The van der Waals surface area contributed by atoms with Crippen LogP contribution in [-0.2, 0) is 17.7 Å². The van der Waals surface area contributed by atoms with Crippen LogP contribution in [0.15, 0.2) is 12.7 Å². The minimum Gasteiger partial charge on any atom is -0.462 e. The fraction of sp³-hybridized carbons (Fsp3) is 0.462. The Balaban J connectivity index is 0.00000180. The lowest BCUT2D eigenvalue weighted by Crippen LogP contribution is -2.30. The highest BCUT2D eigenvalue weighted by atomic mass is 35.5. The molecule has 19 heavy (non-hydrogen) atoms. The van der Waals surface area contributed by atoms with Crippen molar-refractivity contribution in [3.05, 3.63) is 28.7 Å². The molecule has 0 aromatic carbocycles. The summed E-state index contributed by atoms with van der Waals surface area (Å²) in [5.41, 5.74) is 7.62. The van der Waals surface area contributed by atoms with Gasteiger partial charge in [0.05, 0.1) is 12.2 Å². The number of hydrogen-bond donors (Lipinski definition) is 1. The Bertz CT molecular complexity index is 473. The smallest absolute Gasteiger partial charge is 0.341 e. The molecular formula is C13H19ClN2O2S. The molecule has 4 nitrogen and oxygen atoms in total. The maximum Gasteiger partial charge on any atom is 0.341 e. The van der Waals surface area contributed by atoms with E-state index in [9.17, 15) is 4.79 Å². The number of fused-ring (bicyclic) bond motifs is 1. The predicted molar refractivity (Wildman–Crippen MR) is 81.1 cm³/mol. The highest BCUT2D eigenvalue weighted by Gasteiger charge is 2.27. The topological polar surface area (TPSA) is 55.6 Å². The molecule has 1 aliphatic rings. The minimum absolute atomic E-state index is 0. The number of carbonyl (C=O) groups is 1. The van der Waals surface area contributed by atoms with Gasteiger partial charge in [0.15, 0.2) is 0 Å². The minimum atomic E-state index is -0.287. The van der Waals surface area contributed by atoms with Gasteiger partial charge >= 0.3 is 5.97 Å². The summed E-state index contributed by atoms with van der Waals surface area (Å²) in [6.07, 6.45) is 2.75. The fourth-order valence-corrected chi connectivity index (χ4v) is 3.39. The molecular weight excluding hydrogens is 284 g/mol. The number of nitrogens with two attached hydrogens (primary N) is 1. The second-order valence-electron chi connectivity index (χ2n) is 4.24. The molecule has 0 unspecified atom stereocenters. The number of nitrogen functional groups attached to an aromatic ring is 1. The van der Waals surface area contributed by atoms with Gasteiger partial charge in [0.2, 0.25) is 0 Å². The van der Waals surface area contributed by atoms with Gasteiger partial charge in [0.1, 0.15) is 5.00 Å². The summed E-state index contributed by atoms with van der Waals surface area (Å²) in [5, 5.41) is 0.582. The number of nitrogens with zero attached hydrogens (tertiary/aromatic N) is 1. The molecule has 0 spiro atoms. The lowest BCUT2D eigenvalue weighted by Gasteiger charge is -2.25. The molecule has 0 fully saturated rings. The number of hydrogen-bond acceptors (Lipinski definition) is 5. The van der Waals surface area contributed by atoms with Gasteiger partial charge in [-0.25, -0.2) is 4.79 Å². The summed E-state index contributed by atoms with van der Waals surface area (Å²) in [6, 6.07) is 0. The molecule has 2 N–H and O–H groups in total. The average molecular weight is 303 g/mol. The number of carbonyl (C=O) groups excluding carboxylic acids is 1. The van der Waals surface area contributed by atoms with Crippen molar-refractivity contribution in [2.75, 3.05) is 25.4 Å². The van der Waals surface area contributed by atoms with Crippen LogP contribution in [0.1, 0.15) is 27.7 Å². The van der Waals surface area contributed by atoms with Crippen LogP contribution in [0.5, 0.6) is 0 Å². The monoisotopic (exact) mass is 302 g/mol. The van der Waals surface area contributed by atoms with Crippen molar-refractivity contribution in [1.29, 1.82) is 0 Å². The van der Waals surface area contributed by atoms with Gasteiger partial charge in [-0.05, 0) is 18.9 Å². The first-order valence-electron chi connectivity index (χ1n) is 6.07. The summed E-state index contributed by atoms with van der Waals surface area (Å²) in [4.78, 5) is 15.4. The molecule has 0 saturated carbocycles. The Morgan fingerprint density at radius 3 is 3.00 bits per heavy atom. The summed E-state index contributed by atoms with van der Waals surface area (Å²) in [6.45, 7) is 8.58. The number of esters is 1. The number of rotatable bonds is 4. The van der Waals surface area contributed by atoms with E-state index in [4.69, 9.17) is 10.5 Å². The van der Waals surface area contributed by atoms with Gasteiger partial charge in [-0.3, -0.25) is 4.90 Å². The van der Waals surface area contributed by atoms with E-state index in [-0.39, 0.29) is 18.4 Å². The quantitative estimate of drug-likeness (QED) is 0.686. The van der Waals surface area contributed by atoms with E-state index in [1.54, 1.807) is 6.92 Å². The van der Waals surface area contributed by atoms with Crippen molar-refractivity contribution in [2.24, 2.45) is 0 Å². The van der Waals surface area contributed by atoms with Gasteiger partial charge in [-0.1, -0.05) is 6.08 Å². The normalized spacial score (nSPS) is 14.4. The van der Waals surface area contributed by atoms with Crippen LogP contribution in [0.2, 0.25) is 0 Å². The molecule has 0 aliphatic carbocycles. The van der Waals surface area contributed by atoms with Crippen molar-refractivity contribution in [2.45, 2.75) is 19.9 Å². The van der Waals surface area contributed by atoms with Gasteiger partial charge in [-0.2, -0.15) is 0 Å². The van der Waals surface area contributed by atoms with E-state index < -0.39 is 0 Å². The zero-order valence-corrected chi connectivity index (χ0v) is 12.6. The van der Waals surface area contributed by atoms with E-state index in [1.807, 2.05) is 6.08 Å². The molecule has 0 saturated heterocycles. The molecule has 6 heteroatoms. The first kappa shape index (κ1) is 16.0. The Morgan fingerprint density at radius 1 is 1.63 bits per heavy atom. The second-order valence-corrected chi connectivity index (χ2v) is 5.37. The fourth-order valence-electron chi connectivity index (χ4n) is 2.24. The first-order chi connectivity index (χ1) is 8.67. The third kappa shape index (κ3) is 3.29. The largest absolute Gasteiger partial charge is 0.462 e. The second kappa shape index (κ2) is 6.93. The van der Waals surface area contributed by atoms with E-state index >= 15 is 0 Å². The van der Waals surface area contributed by atoms with E-state index in [0.29, 0.717) is 17.2 Å². The summed E-state index contributed by atoms with van der Waals surface area (Å²) in [5.74, 6) is -0.287. The number of ether oxygens (including phenoxy) is 1. The molecule has 2 rings (SSSR count). The molecule has 2 heterocycles. The molecule has 1 aromatic heterocycles. The lowest BCUT2D eigenvalue weighted by atomic mass is 10.0. The van der Waals surface area contributed by atoms with Crippen molar-refractivity contribution >= 4 is 34.7 Å². The summed E-state index contributed by atoms with van der Waals surface area (Å²) < 4.78 is 5.07. The molecule has 0 atom stereocenters. The van der Waals surface area contributed by atoms with Gasteiger partial charge < -0.3 is 10.5 Å². The van der Waals surface area contributed by atoms with E-state index in [2.05, 4.69) is 11.5 Å². The van der Waals surface area contributed by atoms with Crippen molar-refractivity contribution in [3.63, 3.8) is 0 Å². The van der Waals surface area contributed by atoms with E-state index in [1.165, 1.54) is 16.2 Å². The predicted octanol–water partition coefficient (Wildman–Crippen LogP) is 2.47. The van der Waals surface area contributed by atoms with Crippen LogP contribution >= 0.6 is 23.7 Å². The lowest BCUT2D eigenvalue weighted by molar-refractivity contribution is 0.0526. The molecule has 0 amide bonds. The van der Waals surface area contributed by atoms with Crippen LogP contribution in [-0.4, -0.2) is 30.6 Å². The van der Waals surface area contributed by atoms with Crippen molar-refractivity contribution < 1.29 is 9.53 Å². The van der Waals surface area contributed by atoms with Gasteiger partial charge in [-0.15, -0.1) is 30.3 Å². The van der Waals surface area contributed by atoms with Crippen LogP contribution in [0.4, 0.5) is 5.00 Å². The Hall–Kier alpha value is -1.04. The standard InChI is InChI=1S/C13H18N2O2S.ClH/c1-3-6-15-7-5-9-10(8-15)18-12(14)11(9)13(16)17-4-2;/h3H,1,4-8,14H2,2H3;1H. The van der Waals surface area contributed by atoms with Crippen molar-refractivity contribution in [1.82, 2.24) is 4.90 Å². The summed E-state index contributed by atoms with van der Waals surface area (Å²) in [7, 11) is 0. The molecule has 0 radical (unpaired) electrons. The highest BCUT2D eigenvalue weighted by molar-refractivity contribution is 7.16. The maximum atomic E-state index is 11.9. The molecule has 0 bridgehead atoms. The van der Waals surface area contributed by atoms with Gasteiger partial charge in [0, 0.05) is 24.5 Å². The Labute approximate surface area is 123 Å². The van der Waals surface area contributed by atoms with E-state index in [0.717, 1.165) is 31.6 Å². The van der Waals surface area contributed by atoms with Crippen LogP contribution in [0, 0.1) is 0 Å². The average Bonchev–Trinajstić information content (AvgIpc) is 2.65. The third-order valence-electron chi connectivity index (χ3n) is 3.03. The van der Waals surface area contributed by atoms with Gasteiger partial charge in [0.25, 0.3) is 0 Å². The zero-order valence-electron chi connectivity index (χ0n) is 11.0. The number of halogens is 1. The zero-order chi connectivity index (χ0) is 13.1. The number of thiophene rings is 1. The third-order valence-corrected chi connectivity index (χ3v) is 4.08. The molecule has 1 aromatic rings. The Kier molecular flexibility index (Phi) is 5.85. The highest BCUT2D eigenvalue weighted by Crippen LogP contribution is 2.35. The molecule has 1 aliphatic heterocycles.